The first kappa shape index (κ1) is 60.7. The molecule has 0 amide bonds. The molecule has 0 aliphatic carbocycles. The van der Waals surface area contributed by atoms with Crippen LogP contribution in [0.2, 0.25) is 0 Å². The third-order valence-corrected chi connectivity index (χ3v) is 21.3. The van der Waals surface area contributed by atoms with Crippen molar-refractivity contribution >= 4 is 131 Å². The number of aromatic nitrogens is 9. The third kappa shape index (κ3) is 9.65. The highest BCUT2D eigenvalue weighted by Crippen LogP contribution is 2.46. The Morgan fingerprint density at radius 1 is 0.194 bits per heavy atom. The number of hydrogen-bond acceptors (Lipinski definition) is 7. The molecule has 0 radical (unpaired) electrons. The first-order chi connectivity index (χ1) is 53.6. The Morgan fingerprint density at radius 3 is 0.981 bits per heavy atom. The van der Waals surface area contributed by atoms with Gasteiger partial charge in [0.25, 0.3) is 0 Å². The zero-order chi connectivity index (χ0) is 70.9. The highest BCUT2D eigenvalue weighted by Gasteiger charge is 2.26. The minimum atomic E-state index is 0.565. The van der Waals surface area contributed by atoms with Crippen LogP contribution in [0.4, 0.5) is 0 Å². The molecule has 0 N–H and O–H groups in total. The molecule has 23 aromatic rings. The molecular formula is C97H59N9O2. The smallest absolute Gasteiger partial charge is 0.238 e. The zero-order valence-corrected chi connectivity index (χ0v) is 57.9. The molecule has 0 atom stereocenters. The predicted molar refractivity (Wildman–Crippen MR) is 441 cm³/mol. The van der Waals surface area contributed by atoms with Crippen LogP contribution in [0.5, 0.6) is 0 Å². The van der Waals surface area contributed by atoms with E-state index in [0.29, 0.717) is 23.4 Å². The Hall–Kier alpha value is -14.8. The van der Waals surface area contributed by atoms with Gasteiger partial charge in [-0.05, 0) is 96.1 Å². The molecule has 8 aromatic heterocycles. The van der Waals surface area contributed by atoms with Gasteiger partial charge in [0.05, 0.1) is 49.8 Å². The fourth-order valence-corrected chi connectivity index (χ4v) is 16.5. The maximum absolute atomic E-state index is 6.37. The van der Waals surface area contributed by atoms with Gasteiger partial charge in [-0.15, -0.1) is 0 Å². The molecular weight excluding hydrogens is 1320 g/mol. The van der Waals surface area contributed by atoms with Crippen LogP contribution >= 0.6 is 0 Å². The van der Waals surface area contributed by atoms with E-state index < -0.39 is 0 Å². The highest BCUT2D eigenvalue weighted by molar-refractivity contribution is 6.30. The van der Waals surface area contributed by atoms with E-state index in [-0.39, 0.29) is 0 Å². The van der Waals surface area contributed by atoms with Crippen molar-refractivity contribution in [2.24, 2.45) is 0 Å². The highest BCUT2D eigenvalue weighted by atomic mass is 16.3. The van der Waals surface area contributed by atoms with E-state index in [0.717, 1.165) is 149 Å². The van der Waals surface area contributed by atoms with Crippen LogP contribution in [0.1, 0.15) is 0 Å². The van der Waals surface area contributed by atoms with Crippen molar-refractivity contribution < 1.29 is 8.83 Å². The maximum Gasteiger partial charge on any atom is 0.238 e. The van der Waals surface area contributed by atoms with Gasteiger partial charge in [-0.25, -0.2) is 15.0 Å². The van der Waals surface area contributed by atoms with Gasteiger partial charge in [-0.2, -0.15) is 9.97 Å². The summed E-state index contributed by atoms with van der Waals surface area (Å²) in [5, 5.41) is 13.9. The van der Waals surface area contributed by atoms with Crippen LogP contribution in [0.3, 0.4) is 0 Å². The van der Waals surface area contributed by atoms with Crippen LogP contribution < -0.4 is 0 Å². The van der Waals surface area contributed by atoms with Crippen LogP contribution in [0.15, 0.2) is 367 Å². The van der Waals surface area contributed by atoms with Crippen molar-refractivity contribution in [1.29, 1.82) is 0 Å². The van der Waals surface area contributed by atoms with Crippen LogP contribution in [0.25, 0.3) is 211 Å². The molecule has 0 unspecified atom stereocenters. The maximum atomic E-state index is 6.37. The fraction of sp³-hybridized carbons (Fsp3) is 0. The van der Waals surface area contributed by atoms with E-state index in [9.17, 15) is 0 Å². The average molecular weight is 1380 g/mol. The second-order valence-corrected chi connectivity index (χ2v) is 27.4. The Kier molecular flexibility index (Phi) is 13.7. The summed E-state index contributed by atoms with van der Waals surface area (Å²) in [6.45, 7) is 0. The van der Waals surface area contributed by atoms with E-state index in [2.05, 4.69) is 291 Å². The number of fused-ring (bicyclic) bond motifs is 20. The zero-order valence-electron chi connectivity index (χ0n) is 57.9. The molecule has 0 saturated heterocycles. The predicted octanol–water partition coefficient (Wildman–Crippen LogP) is 24.9. The summed E-state index contributed by atoms with van der Waals surface area (Å²) in [5.74, 6) is 3.31. The monoisotopic (exact) mass is 1380 g/mol. The van der Waals surface area contributed by atoms with Gasteiger partial charge in [0.15, 0.2) is 17.5 Å². The molecule has 11 nitrogen and oxygen atoms in total. The van der Waals surface area contributed by atoms with E-state index >= 15 is 0 Å². The van der Waals surface area contributed by atoms with Gasteiger partial charge in [0.2, 0.25) is 5.95 Å². The van der Waals surface area contributed by atoms with E-state index in [1.165, 1.54) is 37.9 Å². The molecule has 108 heavy (non-hydrogen) atoms. The summed E-state index contributed by atoms with van der Waals surface area (Å²) in [4.78, 5) is 25.8. The number of hydrogen-bond donors (Lipinski definition) is 0. The summed E-state index contributed by atoms with van der Waals surface area (Å²) < 4.78 is 21.9. The number of rotatable bonds is 9. The summed E-state index contributed by atoms with van der Waals surface area (Å²) in [5.41, 5.74) is 21.5. The molecule has 0 saturated carbocycles. The number of benzene rings is 15. The van der Waals surface area contributed by atoms with Crippen LogP contribution in [-0.4, -0.2) is 43.2 Å². The molecule has 0 aliphatic heterocycles. The Balaban J connectivity index is 0.000000135. The molecule has 23 rings (SSSR count). The number of para-hydroxylation sites is 6. The van der Waals surface area contributed by atoms with Gasteiger partial charge in [0, 0.05) is 116 Å². The lowest BCUT2D eigenvalue weighted by atomic mass is 10.0. The quantitative estimate of drug-likeness (QED) is 0.142. The van der Waals surface area contributed by atoms with E-state index in [1.807, 2.05) is 84.9 Å². The number of nitrogens with zero attached hydrogens (tertiary/aromatic N) is 9. The van der Waals surface area contributed by atoms with Gasteiger partial charge < -0.3 is 18.0 Å². The first-order valence-corrected chi connectivity index (χ1v) is 36.3. The van der Waals surface area contributed by atoms with Crippen LogP contribution in [0, 0.1) is 0 Å². The number of furan rings is 2. The second kappa shape index (κ2) is 24.4. The minimum absolute atomic E-state index is 0.565. The molecule has 0 fully saturated rings. The third-order valence-electron chi connectivity index (χ3n) is 21.3. The Labute approximate surface area is 617 Å². The van der Waals surface area contributed by atoms with Gasteiger partial charge in [-0.1, -0.05) is 255 Å². The van der Waals surface area contributed by atoms with Gasteiger partial charge >= 0.3 is 0 Å². The summed E-state index contributed by atoms with van der Waals surface area (Å²) in [7, 11) is 0. The largest absolute Gasteiger partial charge is 0.456 e. The molecule has 15 aromatic carbocycles. The minimum Gasteiger partial charge on any atom is -0.456 e. The lowest BCUT2D eigenvalue weighted by molar-refractivity contribution is 0.668. The molecule has 0 bridgehead atoms. The Bertz CT molecular complexity index is 7480. The van der Waals surface area contributed by atoms with Crippen molar-refractivity contribution in [2.45, 2.75) is 0 Å². The first-order valence-electron chi connectivity index (χ1n) is 36.3. The molecule has 0 spiro atoms. The van der Waals surface area contributed by atoms with E-state index in [4.69, 9.17) is 33.8 Å². The standard InChI is InChI=1S/C51H31N5O.C46H28N4O/c1-3-13-32(14-4-1)33-23-25-35(26-24-33)50-52-49(34-15-5-2-6-16-34)53-51(54-50)56-42-21-11-8-19-40(42)48-44(56)30-29-43-47(48)39-18-7-10-20-41(39)55(43)36-27-28-38-37-17-9-12-22-45(37)57-46(38)31-36;1-3-13-29(14-4-1)36-28-43(48-46(47-36)30-15-5-2-6-16-30)50-38-21-11-8-19-35(38)45-40(50)26-25-39-44(45)34-18-7-10-20-37(34)49(39)31-23-24-33-32-17-9-12-22-41(32)51-42(33)27-31/h1-31H;1-28H. The molecule has 504 valence electrons. The van der Waals surface area contributed by atoms with Crippen molar-refractivity contribution in [1.82, 2.24) is 43.2 Å². The normalized spacial score (nSPS) is 11.9. The molecule has 8 heterocycles. The molecule has 0 aliphatic rings. The second-order valence-electron chi connectivity index (χ2n) is 27.4. The summed E-state index contributed by atoms with van der Waals surface area (Å²) in [6.07, 6.45) is 0. The van der Waals surface area contributed by atoms with Gasteiger partial charge in [-0.3, -0.25) is 9.13 Å². The topological polar surface area (TPSA) is 110 Å². The SMILES string of the molecule is c1ccc(-c2cc(-n3c4ccccc4c4c5c6ccccc6n(-c6ccc7c(c6)oc6ccccc67)c5ccc43)nc(-c3ccccc3)n2)cc1.c1ccc(-c2ccc(-c3nc(-c4ccccc4)nc(-n4c5ccccc5c5c6c7ccccc7n(-c7ccc8c(c7)oc7ccccc78)c6ccc54)n3)cc2)cc1. The fourth-order valence-electron chi connectivity index (χ4n) is 16.5. The summed E-state index contributed by atoms with van der Waals surface area (Å²) in [6, 6.07) is 125. The summed E-state index contributed by atoms with van der Waals surface area (Å²) >= 11 is 0. The van der Waals surface area contributed by atoms with Crippen molar-refractivity contribution in [3.63, 3.8) is 0 Å². The lowest BCUT2D eigenvalue weighted by Crippen LogP contribution is -2.06. The van der Waals surface area contributed by atoms with E-state index in [1.54, 1.807) is 0 Å². The average Bonchev–Trinajstić information content (AvgIpc) is 1.55. The molecule has 11 heteroatoms. The van der Waals surface area contributed by atoms with Crippen LogP contribution in [-0.2, 0) is 0 Å². The lowest BCUT2D eigenvalue weighted by Gasteiger charge is -2.12. The van der Waals surface area contributed by atoms with Gasteiger partial charge in [0.1, 0.15) is 28.1 Å². The van der Waals surface area contributed by atoms with Crippen molar-refractivity contribution in [3.05, 3.63) is 358 Å². The van der Waals surface area contributed by atoms with Crippen molar-refractivity contribution in [2.75, 3.05) is 0 Å². The van der Waals surface area contributed by atoms with Crippen molar-refractivity contribution in [3.8, 4) is 79.7 Å². The Morgan fingerprint density at radius 2 is 0.519 bits per heavy atom.